The fraction of sp³-hybridized carbons (Fsp3) is 1.00. The van der Waals surface area contributed by atoms with Gasteiger partial charge < -0.3 is 10.4 Å². The molecule has 0 aromatic heterocycles. The van der Waals surface area contributed by atoms with Crippen LogP contribution in [0.3, 0.4) is 0 Å². The fourth-order valence-corrected chi connectivity index (χ4v) is 3.82. The Kier molecular flexibility index (Phi) is 2.13. The van der Waals surface area contributed by atoms with Gasteiger partial charge in [0.15, 0.2) is 0 Å². The maximum atomic E-state index is 11.2. The van der Waals surface area contributed by atoms with Gasteiger partial charge in [-0.05, 0) is 25.8 Å². The molecule has 0 bridgehead atoms. The van der Waals surface area contributed by atoms with Gasteiger partial charge in [-0.2, -0.15) is 0 Å². The van der Waals surface area contributed by atoms with Gasteiger partial charge in [0.1, 0.15) is 9.84 Å². The SMILES string of the molecule is O=S1(=O)CCC2(CC1)NCCC2O. The lowest BCUT2D eigenvalue weighted by Gasteiger charge is -2.36. The van der Waals surface area contributed by atoms with Crippen molar-refractivity contribution in [3.63, 3.8) is 0 Å². The lowest BCUT2D eigenvalue weighted by Crippen LogP contribution is -2.53. The molecule has 2 saturated heterocycles. The van der Waals surface area contributed by atoms with Crippen LogP contribution in [0.5, 0.6) is 0 Å². The monoisotopic (exact) mass is 205 g/mol. The Balaban J connectivity index is 2.12. The summed E-state index contributed by atoms with van der Waals surface area (Å²) < 4.78 is 22.4. The first kappa shape index (κ1) is 9.43. The molecule has 2 aliphatic heterocycles. The number of sulfone groups is 1. The minimum Gasteiger partial charge on any atom is -0.391 e. The molecule has 2 fully saturated rings. The zero-order valence-corrected chi connectivity index (χ0v) is 8.31. The Morgan fingerprint density at radius 2 is 1.92 bits per heavy atom. The van der Waals surface area contributed by atoms with Gasteiger partial charge >= 0.3 is 0 Å². The number of aliphatic hydroxyl groups is 1. The Labute approximate surface area is 78.3 Å². The van der Waals surface area contributed by atoms with Crippen LogP contribution in [0.15, 0.2) is 0 Å². The molecule has 2 N–H and O–H groups in total. The van der Waals surface area contributed by atoms with E-state index in [0.717, 1.165) is 13.0 Å². The molecule has 1 atom stereocenters. The second kappa shape index (κ2) is 2.93. The highest BCUT2D eigenvalue weighted by atomic mass is 32.2. The predicted octanol–water partition coefficient (Wildman–Crippen LogP) is -0.712. The van der Waals surface area contributed by atoms with E-state index < -0.39 is 9.84 Å². The van der Waals surface area contributed by atoms with Crippen LogP contribution in [0.4, 0.5) is 0 Å². The summed E-state index contributed by atoms with van der Waals surface area (Å²) in [7, 11) is -2.82. The van der Waals surface area contributed by atoms with Crippen LogP contribution >= 0.6 is 0 Å². The second-order valence-corrected chi connectivity index (χ2v) is 6.34. The normalized spacial score (nSPS) is 36.5. The van der Waals surface area contributed by atoms with E-state index in [1.54, 1.807) is 0 Å². The summed E-state index contributed by atoms with van der Waals surface area (Å²) in [4.78, 5) is 0. The summed E-state index contributed by atoms with van der Waals surface area (Å²) in [6.07, 6.45) is 1.52. The van der Waals surface area contributed by atoms with Crippen molar-refractivity contribution in [1.29, 1.82) is 0 Å². The van der Waals surface area contributed by atoms with Crippen molar-refractivity contribution in [3.8, 4) is 0 Å². The smallest absolute Gasteiger partial charge is 0.150 e. The van der Waals surface area contributed by atoms with E-state index in [9.17, 15) is 13.5 Å². The van der Waals surface area contributed by atoms with Crippen LogP contribution in [0, 0.1) is 0 Å². The lowest BCUT2D eigenvalue weighted by molar-refractivity contribution is 0.0899. The summed E-state index contributed by atoms with van der Waals surface area (Å²) in [5.41, 5.74) is -0.286. The van der Waals surface area contributed by atoms with Crippen molar-refractivity contribution in [2.45, 2.75) is 30.9 Å². The van der Waals surface area contributed by atoms with Crippen LogP contribution < -0.4 is 5.32 Å². The third kappa shape index (κ3) is 1.60. The van der Waals surface area contributed by atoms with Crippen molar-refractivity contribution in [2.24, 2.45) is 0 Å². The Bertz CT molecular complexity index is 285. The van der Waals surface area contributed by atoms with E-state index in [4.69, 9.17) is 0 Å². The summed E-state index contributed by atoms with van der Waals surface area (Å²) in [5.74, 6) is 0.439. The molecule has 1 spiro atoms. The maximum Gasteiger partial charge on any atom is 0.150 e. The molecule has 0 saturated carbocycles. The zero-order valence-electron chi connectivity index (χ0n) is 7.49. The number of aliphatic hydroxyl groups excluding tert-OH is 1. The van der Waals surface area contributed by atoms with Crippen molar-refractivity contribution in [3.05, 3.63) is 0 Å². The molecule has 2 aliphatic rings. The van der Waals surface area contributed by atoms with E-state index in [1.807, 2.05) is 0 Å². The molecule has 0 aliphatic carbocycles. The maximum absolute atomic E-state index is 11.2. The minimum absolute atomic E-state index is 0.219. The van der Waals surface area contributed by atoms with Crippen molar-refractivity contribution < 1.29 is 13.5 Å². The summed E-state index contributed by atoms with van der Waals surface area (Å²) in [5, 5.41) is 13.0. The van der Waals surface area contributed by atoms with Gasteiger partial charge in [0.05, 0.1) is 17.6 Å². The molecule has 2 heterocycles. The minimum atomic E-state index is -2.82. The average Bonchev–Trinajstić information content (AvgIpc) is 2.41. The zero-order chi connectivity index (χ0) is 9.53. The van der Waals surface area contributed by atoms with Crippen molar-refractivity contribution in [2.75, 3.05) is 18.1 Å². The van der Waals surface area contributed by atoms with Gasteiger partial charge in [0.25, 0.3) is 0 Å². The first-order valence-electron chi connectivity index (χ1n) is 4.68. The molecule has 13 heavy (non-hydrogen) atoms. The van der Waals surface area contributed by atoms with Gasteiger partial charge in [-0.1, -0.05) is 0 Å². The number of rotatable bonds is 0. The summed E-state index contributed by atoms with van der Waals surface area (Å²) in [6.45, 7) is 0.807. The third-order valence-electron chi connectivity index (χ3n) is 3.25. The number of nitrogens with one attached hydrogen (secondary N) is 1. The Morgan fingerprint density at radius 3 is 2.38 bits per heavy atom. The number of hydrogen-bond donors (Lipinski definition) is 2. The summed E-state index contributed by atoms with van der Waals surface area (Å²) >= 11 is 0. The van der Waals surface area contributed by atoms with Crippen LogP contribution in [-0.4, -0.2) is 43.2 Å². The average molecular weight is 205 g/mol. The highest BCUT2D eigenvalue weighted by Gasteiger charge is 2.45. The van der Waals surface area contributed by atoms with E-state index in [0.29, 0.717) is 12.8 Å². The highest BCUT2D eigenvalue weighted by Crippen LogP contribution is 2.31. The quantitative estimate of drug-likeness (QED) is 0.548. The Morgan fingerprint density at radius 1 is 1.31 bits per heavy atom. The van der Waals surface area contributed by atoms with Gasteiger partial charge in [-0.15, -0.1) is 0 Å². The van der Waals surface area contributed by atoms with Crippen molar-refractivity contribution >= 4 is 9.84 Å². The van der Waals surface area contributed by atoms with Gasteiger partial charge in [0, 0.05) is 5.54 Å². The molecular formula is C8H15NO3S. The van der Waals surface area contributed by atoms with E-state index in [-0.39, 0.29) is 23.1 Å². The van der Waals surface area contributed by atoms with Gasteiger partial charge in [0.2, 0.25) is 0 Å². The van der Waals surface area contributed by atoms with Gasteiger partial charge in [-0.3, -0.25) is 0 Å². The largest absolute Gasteiger partial charge is 0.391 e. The summed E-state index contributed by atoms with van der Waals surface area (Å²) in [6, 6.07) is 0. The lowest BCUT2D eigenvalue weighted by atomic mass is 9.88. The molecule has 0 aromatic carbocycles. The molecule has 0 amide bonds. The first-order valence-corrected chi connectivity index (χ1v) is 6.50. The second-order valence-electron chi connectivity index (χ2n) is 4.04. The predicted molar refractivity (Wildman–Crippen MR) is 49.2 cm³/mol. The van der Waals surface area contributed by atoms with Crippen molar-refractivity contribution in [1.82, 2.24) is 5.32 Å². The Hall–Kier alpha value is -0.130. The molecule has 4 nitrogen and oxygen atoms in total. The third-order valence-corrected chi connectivity index (χ3v) is 4.90. The molecule has 2 rings (SSSR count). The molecule has 0 aromatic rings. The van der Waals surface area contributed by atoms with E-state index in [2.05, 4.69) is 5.32 Å². The van der Waals surface area contributed by atoms with Crippen LogP contribution in [0.25, 0.3) is 0 Å². The molecule has 76 valence electrons. The molecule has 0 radical (unpaired) electrons. The topological polar surface area (TPSA) is 66.4 Å². The van der Waals surface area contributed by atoms with Crippen LogP contribution in [-0.2, 0) is 9.84 Å². The highest BCUT2D eigenvalue weighted by molar-refractivity contribution is 7.91. The fourth-order valence-electron chi connectivity index (χ4n) is 2.26. The molecular weight excluding hydrogens is 190 g/mol. The van der Waals surface area contributed by atoms with Crippen LogP contribution in [0.1, 0.15) is 19.3 Å². The standard InChI is InChI=1S/C8H15NO3S/c10-7-1-4-9-8(7)2-5-13(11,12)6-3-8/h7,9-10H,1-6H2. The molecule has 5 heteroatoms. The number of hydrogen-bond acceptors (Lipinski definition) is 4. The molecule has 1 unspecified atom stereocenters. The van der Waals surface area contributed by atoms with Gasteiger partial charge in [-0.25, -0.2) is 8.42 Å². The van der Waals surface area contributed by atoms with Crippen LogP contribution in [0.2, 0.25) is 0 Å². The first-order chi connectivity index (χ1) is 6.04. The van der Waals surface area contributed by atoms with E-state index >= 15 is 0 Å². The van der Waals surface area contributed by atoms with E-state index in [1.165, 1.54) is 0 Å².